The van der Waals surface area contributed by atoms with E-state index >= 15 is 0 Å². The summed E-state index contributed by atoms with van der Waals surface area (Å²) in [6.45, 7) is 5.85. The van der Waals surface area contributed by atoms with Crippen molar-refractivity contribution in [2.24, 2.45) is 0 Å². The predicted molar refractivity (Wildman–Crippen MR) is 87.6 cm³/mol. The number of hydrogen-bond acceptors (Lipinski definition) is 4. The van der Waals surface area contributed by atoms with Crippen LogP contribution in [-0.4, -0.2) is 35.4 Å². The molecule has 0 aromatic carbocycles. The van der Waals surface area contributed by atoms with Crippen LogP contribution >= 0.6 is 11.3 Å². The molecule has 0 saturated carbocycles. The Morgan fingerprint density at radius 1 is 1.43 bits per heavy atom. The lowest BCUT2D eigenvalue weighted by Crippen LogP contribution is -2.44. The molecule has 1 aromatic heterocycles. The van der Waals surface area contributed by atoms with Crippen LogP contribution in [0.1, 0.15) is 54.6 Å². The van der Waals surface area contributed by atoms with Crippen molar-refractivity contribution in [2.75, 3.05) is 13.6 Å². The summed E-state index contributed by atoms with van der Waals surface area (Å²) in [5, 5.41) is 4.30. The molecular formula is C16H27N3OS. The Labute approximate surface area is 132 Å². The van der Waals surface area contributed by atoms with E-state index in [0.717, 1.165) is 37.9 Å². The van der Waals surface area contributed by atoms with Crippen molar-refractivity contribution in [3.8, 4) is 0 Å². The third kappa shape index (κ3) is 4.51. The second-order valence-electron chi connectivity index (χ2n) is 5.93. The first-order valence-corrected chi connectivity index (χ1v) is 8.86. The van der Waals surface area contributed by atoms with E-state index in [1.54, 1.807) is 11.3 Å². The highest BCUT2D eigenvalue weighted by atomic mass is 32.1. The average Bonchev–Trinajstić information content (AvgIpc) is 2.66. The fourth-order valence-electron chi connectivity index (χ4n) is 2.84. The van der Waals surface area contributed by atoms with Gasteiger partial charge in [-0.3, -0.25) is 9.69 Å². The van der Waals surface area contributed by atoms with E-state index in [4.69, 9.17) is 0 Å². The quantitative estimate of drug-likeness (QED) is 0.909. The molecule has 1 saturated heterocycles. The smallest absolute Gasteiger partial charge is 0.237 e. The highest BCUT2D eigenvalue weighted by molar-refractivity contribution is 7.11. The number of rotatable bonds is 5. The van der Waals surface area contributed by atoms with Gasteiger partial charge in [0.15, 0.2) is 0 Å². The van der Waals surface area contributed by atoms with Gasteiger partial charge >= 0.3 is 0 Å². The van der Waals surface area contributed by atoms with Crippen LogP contribution in [0.2, 0.25) is 0 Å². The van der Waals surface area contributed by atoms with Gasteiger partial charge in [0.05, 0.1) is 23.3 Å². The summed E-state index contributed by atoms with van der Waals surface area (Å²) in [6.07, 6.45) is 6.72. The molecule has 0 bridgehead atoms. The van der Waals surface area contributed by atoms with Crippen molar-refractivity contribution in [3.05, 3.63) is 15.6 Å². The zero-order valence-electron chi connectivity index (χ0n) is 13.4. The molecule has 118 valence electrons. The zero-order valence-corrected chi connectivity index (χ0v) is 14.3. The molecule has 1 N–H and O–H groups in total. The number of thiazole rings is 1. The molecule has 21 heavy (non-hydrogen) atoms. The fourth-order valence-corrected chi connectivity index (χ4v) is 3.95. The third-order valence-corrected chi connectivity index (χ3v) is 5.36. The van der Waals surface area contributed by atoms with Crippen molar-refractivity contribution in [1.82, 2.24) is 15.2 Å². The Morgan fingerprint density at radius 2 is 2.24 bits per heavy atom. The summed E-state index contributed by atoms with van der Waals surface area (Å²) in [6, 6.07) is 0.0378. The van der Waals surface area contributed by atoms with Gasteiger partial charge in [0.2, 0.25) is 5.91 Å². The maximum Gasteiger partial charge on any atom is 0.237 e. The molecule has 0 radical (unpaired) electrons. The van der Waals surface area contributed by atoms with Crippen LogP contribution in [0.4, 0.5) is 0 Å². The van der Waals surface area contributed by atoms with Crippen molar-refractivity contribution < 1.29 is 4.79 Å². The van der Waals surface area contributed by atoms with Crippen LogP contribution in [0.25, 0.3) is 0 Å². The summed E-state index contributed by atoms with van der Waals surface area (Å²) < 4.78 is 0. The molecule has 5 heteroatoms. The lowest BCUT2D eigenvalue weighted by atomic mass is 10.1. The van der Waals surface area contributed by atoms with Gasteiger partial charge in [-0.05, 0) is 46.2 Å². The minimum atomic E-state index is 0.0378. The number of aromatic nitrogens is 1. The molecule has 1 aliphatic rings. The Kier molecular flexibility index (Phi) is 6.18. The summed E-state index contributed by atoms with van der Waals surface area (Å²) >= 11 is 1.74. The normalized spacial score (nSPS) is 20.2. The van der Waals surface area contributed by atoms with Crippen molar-refractivity contribution in [1.29, 1.82) is 0 Å². The molecule has 1 aliphatic heterocycles. The molecule has 1 amide bonds. The Hall–Kier alpha value is -0.940. The zero-order chi connectivity index (χ0) is 15.2. The van der Waals surface area contributed by atoms with E-state index in [-0.39, 0.29) is 11.9 Å². The molecule has 2 heterocycles. The van der Waals surface area contributed by atoms with E-state index in [1.807, 2.05) is 6.92 Å². The molecule has 2 rings (SSSR count). The first-order chi connectivity index (χ1) is 10.1. The van der Waals surface area contributed by atoms with E-state index in [1.165, 1.54) is 22.7 Å². The number of likely N-dealkylation sites (N-methyl/N-ethyl adjacent to an activating group) is 1. The van der Waals surface area contributed by atoms with Gasteiger partial charge in [-0.15, -0.1) is 11.3 Å². The van der Waals surface area contributed by atoms with Crippen LogP contribution in [0.3, 0.4) is 0 Å². The summed E-state index contributed by atoms with van der Waals surface area (Å²) in [7, 11) is 2.06. The maximum absolute atomic E-state index is 12.4. The monoisotopic (exact) mass is 309 g/mol. The van der Waals surface area contributed by atoms with Crippen LogP contribution in [-0.2, 0) is 17.8 Å². The number of likely N-dealkylation sites (tertiary alicyclic amines) is 1. The van der Waals surface area contributed by atoms with Gasteiger partial charge in [-0.25, -0.2) is 4.98 Å². The lowest BCUT2D eigenvalue weighted by molar-refractivity contribution is -0.126. The molecular weight excluding hydrogens is 282 g/mol. The number of amides is 1. The largest absolute Gasteiger partial charge is 0.350 e. The number of nitrogens with zero attached hydrogens (tertiary/aromatic N) is 2. The molecule has 1 fully saturated rings. The number of carbonyl (C=O) groups excluding carboxylic acids is 1. The van der Waals surface area contributed by atoms with Gasteiger partial charge < -0.3 is 5.32 Å². The second kappa shape index (κ2) is 7.90. The summed E-state index contributed by atoms with van der Waals surface area (Å²) in [5.41, 5.74) is 1.07. The van der Waals surface area contributed by atoms with Crippen molar-refractivity contribution >= 4 is 17.2 Å². The fraction of sp³-hybridized carbons (Fsp3) is 0.750. The highest BCUT2D eigenvalue weighted by Gasteiger charge is 2.24. The van der Waals surface area contributed by atoms with Crippen LogP contribution in [0.5, 0.6) is 0 Å². The summed E-state index contributed by atoms with van der Waals surface area (Å²) in [5.74, 6) is 0.171. The number of hydrogen-bond donors (Lipinski definition) is 1. The molecule has 4 nitrogen and oxygen atoms in total. The minimum absolute atomic E-state index is 0.0378. The highest BCUT2D eigenvalue weighted by Crippen LogP contribution is 2.20. The predicted octanol–water partition coefficient (Wildman–Crippen LogP) is 2.89. The average molecular weight is 309 g/mol. The van der Waals surface area contributed by atoms with Gasteiger partial charge in [0.25, 0.3) is 0 Å². The molecule has 0 spiro atoms. The van der Waals surface area contributed by atoms with E-state index < -0.39 is 0 Å². The number of carbonyl (C=O) groups is 1. The van der Waals surface area contributed by atoms with Crippen molar-refractivity contribution in [2.45, 2.75) is 65.0 Å². The van der Waals surface area contributed by atoms with Crippen molar-refractivity contribution in [3.63, 3.8) is 0 Å². The van der Waals surface area contributed by atoms with Crippen LogP contribution in [0, 0.1) is 6.92 Å². The first-order valence-electron chi connectivity index (χ1n) is 8.05. The second-order valence-corrected chi connectivity index (χ2v) is 7.10. The van der Waals surface area contributed by atoms with E-state index in [9.17, 15) is 4.79 Å². The maximum atomic E-state index is 12.4. The van der Waals surface area contributed by atoms with E-state index in [0.29, 0.717) is 6.54 Å². The summed E-state index contributed by atoms with van der Waals surface area (Å²) in [4.78, 5) is 20.4. The Balaban J connectivity index is 1.90. The molecule has 1 aromatic rings. The minimum Gasteiger partial charge on any atom is -0.350 e. The first kappa shape index (κ1) is 16.4. The van der Waals surface area contributed by atoms with Gasteiger partial charge in [-0.2, -0.15) is 0 Å². The van der Waals surface area contributed by atoms with Gasteiger partial charge in [-0.1, -0.05) is 19.8 Å². The van der Waals surface area contributed by atoms with Crippen LogP contribution in [0.15, 0.2) is 0 Å². The third-order valence-electron chi connectivity index (χ3n) is 4.15. The van der Waals surface area contributed by atoms with E-state index in [2.05, 4.69) is 29.2 Å². The Bertz CT molecular complexity index is 472. The standard InChI is InChI=1S/C16H27N3OS/c1-4-8-15-18-12(2)14(21-15)11-17-16(20)13-9-6-5-7-10-19(13)3/h13H,4-11H2,1-3H3,(H,17,20). The Morgan fingerprint density at radius 3 is 3.00 bits per heavy atom. The molecule has 1 unspecified atom stereocenters. The van der Waals surface area contributed by atoms with Gasteiger partial charge in [0.1, 0.15) is 0 Å². The molecule has 1 atom stereocenters. The van der Waals surface area contributed by atoms with Crippen LogP contribution < -0.4 is 5.32 Å². The topological polar surface area (TPSA) is 45.2 Å². The molecule has 0 aliphatic carbocycles. The van der Waals surface area contributed by atoms with Gasteiger partial charge in [0, 0.05) is 4.88 Å². The lowest BCUT2D eigenvalue weighted by Gasteiger charge is -2.24. The SMILES string of the molecule is CCCc1nc(C)c(CNC(=O)C2CCCCCN2C)s1. The number of nitrogens with one attached hydrogen (secondary N) is 1. The number of aryl methyl sites for hydroxylation is 2.